The van der Waals surface area contributed by atoms with Gasteiger partial charge >= 0.3 is 0 Å². The topological polar surface area (TPSA) is 48.6 Å². The smallest absolute Gasteiger partial charge is 0.161 e. The summed E-state index contributed by atoms with van der Waals surface area (Å²) < 4.78 is 13.8. The van der Waals surface area contributed by atoms with Gasteiger partial charge in [-0.15, -0.1) is 0 Å². The van der Waals surface area contributed by atoms with Crippen molar-refractivity contribution in [3.05, 3.63) is 125 Å². The summed E-state index contributed by atoms with van der Waals surface area (Å²) in [6, 6.07) is 35.5. The molecule has 0 N–H and O–H groups in total. The van der Waals surface area contributed by atoms with Crippen molar-refractivity contribution in [2.75, 3.05) is 6.61 Å². The first-order valence-corrected chi connectivity index (χ1v) is 12.5. The highest BCUT2D eigenvalue weighted by Gasteiger charge is 2.11. The molecule has 0 radical (unpaired) electrons. The van der Waals surface area contributed by atoms with Crippen molar-refractivity contribution in [3.63, 3.8) is 0 Å². The molecule has 1 aromatic heterocycles. The Morgan fingerprint density at radius 2 is 1.54 bits per heavy atom. The van der Waals surface area contributed by atoms with E-state index in [9.17, 15) is 0 Å². The average molecular weight is 508 g/mol. The molecule has 6 heteroatoms. The summed E-state index contributed by atoms with van der Waals surface area (Å²) in [6.45, 7) is 2.82. The lowest BCUT2D eigenvalue weighted by Crippen LogP contribution is -2.01. The maximum absolute atomic E-state index is 6.28. The summed E-state index contributed by atoms with van der Waals surface area (Å²) in [5, 5.41) is 5.51. The van der Waals surface area contributed by atoms with Crippen LogP contribution in [0.2, 0.25) is 5.02 Å². The molecular formula is C31H26ClN3O2. The Hall–Kier alpha value is -4.35. The standard InChI is InChI=1S/C31H26ClN3O2/c1-2-36-30-19-23(17-18-29(30)37-22-25-13-9-10-16-27(25)32)21-33-31-20-28(24-11-5-3-6-12-24)34-35(31)26-14-7-4-8-15-26/h3-21H,2,22H2,1H3. The van der Waals surface area contributed by atoms with Gasteiger partial charge in [-0.25, -0.2) is 9.67 Å². The second kappa shape index (κ2) is 11.6. The number of aliphatic imine (C=N–C) groups is 1. The van der Waals surface area contributed by atoms with Gasteiger partial charge in [-0.1, -0.05) is 78.3 Å². The van der Waals surface area contributed by atoms with E-state index < -0.39 is 0 Å². The first-order valence-electron chi connectivity index (χ1n) is 12.1. The number of nitrogens with zero attached hydrogens (tertiary/aromatic N) is 3. The third-order valence-electron chi connectivity index (χ3n) is 5.72. The Labute approximate surface area is 221 Å². The molecular weight excluding hydrogens is 482 g/mol. The van der Waals surface area contributed by atoms with Crippen LogP contribution >= 0.6 is 11.6 Å². The zero-order chi connectivity index (χ0) is 25.5. The molecule has 0 saturated heterocycles. The number of benzene rings is 4. The minimum Gasteiger partial charge on any atom is -0.490 e. The number of halogens is 1. The van der Waals surface area contributed by atoms with Gasteiger partial charge in [0.2, 0.25) is 0 Å². The van der Waals surface area contributed by atoms with E-state index in [1.54, 1.807) is 0 Å². The molecule has 0 saturated carbocycles. The van der Waals surface area contributed by atoms with Crippen molar-refractivity contribution in [1.29, 1.82) is 0 Å². The highest BCUT2D eigenvalue weighted by Crippen LogP contribution is 2.31. The molecule has 0 unspecified atom stereocenters. The largest absolute Gasteiger partial charge is 0.490 e. The summed E-state index contributed by atoms with van der Waals surface area (Å²) in [7, 11) is 0. The van der Waals surface area contributed by atoms with Gasteiger partial charge < -0.3 is 9.47 Å². The maximum Gasteiger partial charge on any atom is 0.161 e. The summed E-state index contributed by atoms with van der Waals surface area (Å²) in [5.74, 6) is 2.03. The van der Waals surface area contributed by atoms with Gasteiger partial charge in [-0.2, -0.15) is 5.10 Å². The predicted octanol–water partition coefficient (Wildman–Crippen LogP) is 7.92. The van der Waals surface area contributed by atoms with Gasteiger partial charge in [0.1, 0.15) is 6.61 Å². The SMILES string of the molecule is CCOc1cc(C=Nc2cc(-c3ccccc3)nn2-c2ccccc2)ccc1OCc1ccccc1Cl. The van der Waals surface area contributed by atoms with Crippen molar-refractivity contribution in [3.8, 4) is 28.4 Å². The second-order valence-corrected chi connectivity index (χ2v) is 8.69. The third kappa shape index (κ3) is 5.90. The molecule has 5 aromatic rings. The average Bonchev–Trinajstić information content (AvgIpc) is 3.38. The van der Waals surface area contributed by atoms with E-state index in [-0.39, 0.29) is 0 Å². The Kier molecular flexibility index (Phi) is 7.63. The lowest BCUT2D eigenvalue weighted by Gasteiger charge is -2.13. The van der Waals surface area contributed by atoms with Gasteiger partial charge in [0, 0.05) is 28.4 Å². The number of ether oxygens (including phenoxy) is 2. The van der Waals surface area contributed by atoms with Crippen LogP contribution in [-0.4, -0.2) is 22.6 Å². The minimum atomic E-state index is 0.353. The highest BCUT2D eigenvalue weighted by atomic mass is 35.5. The van der Waals surface area contributed by atoms with E-state index >= 15 is 0 Å². The van der Waals surface area contributed by atoms with E-state index in [0.717, 1.165) is 33.9 Å². The predicted molar refractivity (Wildman–Crippen MR) is 150 cm³/mol. The molecule has 37 heavy (non-hydrogen) atoms. The molecule has 4 aromatic carbocycles. The molecule has 0 aliphatic heterocycles. The summed E-state index contributed by atoms with van der Waals surface area (Å²) >= 11 is 6.28. The molecule has 0 aliphatic carbocycles. The molecule has 0 fully saturated rings. The lowest BCUT2D eigenvalue weighted by molar-refractivity contribution is 0.269. The van der Waals surface area contributed by atoms with E-state index in [1.165, 1.54) is 0 Å². The van der Waals surface area contributed by atoms with Gasteiger partial charge in [-0.05, 0) is 48.9 Å². The molecule has 0 bridgehead atoms. The monoisotopic (exact) mass is 507 g/mol. The normalized spacial score (nSPS) is 11.1. The van der Waals surface area contributed by atoms with E-state index in [4.69, 9.17) is 31.2 Å². The second-order valence-electron chi connectivity index (χ2n) is 8.28. The van der Waals surface area contributed by atoms with Crippen LogP contribution in [0.5, 0.6) is 11.5 Å². The quantitative estimate of drug-likeness (QED) is 0.190. The van der Waals surface area contributed by atoms with Gasteiger partial charge in [0.15, 0.2) is 17.3 Å². The van der Waals surface area contributed by atoms with Crippen LogP contribution in [-0.2, 0) is 6.61 Å². The van der Waals surface area contributed by atoms with Crippen molar-refractivity contribution >= 4 is 23.6 Å². The number of hydrogen-bond donors (Lipinski definition) is 0. The number of aromatic nitrogens is 2. The first kappa shape index (κ1) is 24.3. The fourth-order valence-corrected chi connectivity index (χ4v) is 4.07. The number of para-hydroxylation sites is 1. The number of rotatable bonds is 9. The van der Waals surface area contributed by atoms with Crippen LogP contribution in [0.15, 0.2) is 114 Å². The van der Waals surface area contributed by atoms with Crippen LogP contribution in [0.1, 0.15) is 18.1 Å². The summed E-state index contributed by atoms with van der Waals surface area (Å²) in [4.78, 5) is 4.80. The fourth-order valence-electron chi connectivity index (χ4n) is 3.88. The van der Waals surface area contributed by atoms with Crippen LogP contribution < -0.4 is 9.47 Å². The van der Waals surface area contributed by atoms with Crippen molar-refractivity contribution in [2.45, 2.75) is 13.5 Å². The third-order valence-corrected chi connectivity index (χ3v) is 6.08. The first-order chi connectivity index (χ1) is 18.2. The Morgan fingerprint density at radius 3 is 2.30 bits per heavy atom. The Balaban J connectivity index is 1.43. The van der Waals surface area contributed by atoms with Crippen LogP contribution in [0.25, 0.3) is 16.9 Å². The summed E-state index contributed by atoms with van der Waals surface area (Å²) in [5.41, 5.74) is 4.63. The Morgan fingerprint density at radius 1 is 0.811 bits per heavy atom. The molecule has 5 nitrogen and oxygen atoms in total. The van der Waals surface area contributed by atoms with Crippen LogP contribution in [0.4, 0.5) is 5.82 Å². The Bertz CT molecular complexity index is 1500. The van der Waals surface area contributed by atoms with E-state index in [1.807, 2.05) is 127 Å². The molecule has 0 amide bonds. The summed E-state index contributed by atoms with van der Waals surface area (Å²) in [6.07, 6.45) is 1.81. The molecule has 0 atom stereocenters. The van der Waals surface area contributed by atoms with Crippen LogP contribution in [0.3, 0.4) is 0 Å². The van der Waals surface area contributed by atoms with Gasteiger partial charge in [0.05, 0.1) is 18.0 Å². The van der Waals surface area contributed by atoms with Crippen molar-refractivity contribution in [1.82, 2.24) is 9.78 Å². The number of hydrogen-bond acceptors (Lipinski definition) is 4. The van der Waals surface area contributed by atoms with E-state index in [2.05, 4.69) is 0 Å². The molecule has 0 aliphatic rings. The maximum atomic E-state index is 6.28. The molecule has 184 valence electrons. The molecule has 5 rings (SSSR count). The van der Waals surface area contributed by atoms with Gasteiger partial charge in [-0.3, -0.25) is 0 Å². The van der Waals surface area contributed by atoms with Gasteiger partial charge in [0.25, 0.3) is 0 Å². The van der Waals surface area contributed by atoms with Crippen molar-refractivity contribution in [2.24, 2.45) is 4.99 Å². The lowest BCUT2D eigenvalue weighted by atomic mass is 10.1. The van der Waals surface area contributed by atoms with E-state index in [0.29, 0.717) is 29.7 Å². The zero-order valence-corrected chi connectivity index (χ0v) is 21.2. The minimum absolute atomic E-state index is 0.353. The highest BCUT2D eigenvalue weighted by molar-refractivity contribution is 6.31. The zero-order valence-electron chi connectivity index (χ0n) is 20.4. The van der Waals surface area contributed by atoms with Crippen LogP contribution in [0, 0.1) is 0 Å². The van der Waals surface area contributed by atoms with Crippen molar-refractivity contribution < 1.29 is 9.47 Å². The molecule has 1 heterocycles. The molecule has 0 spiro atoms. The fraction of sp³-hybridized carbons (Fsp3) is 0.0968.